The average Bonchev–Trinajstić information content (AvgIpc) is 3.47. The van der Waals surface area contributed by atoms with Crippen molar-refractivity contribution >= 4 is 45.0 Å². The number of aromatic nitrogens is 2. The molecular formula is C33H32N4O3S. The van der Waals surface area contributed by atoms with E-state index in [1.807, 2.05) is 88.4 Å². The third-order valence-electron chi connectivity index (χ3n) is 7.95. The molecule has 2 aromatic heterocycles. The first-order chi connectivity index (χ1) is 19.9. The Morgan fingerprint density at radius 3 is 2.49 bits per heavy atom. The number of hydrogen-bond acceptors (Lipinski definition) is 5. The van der Waals surface area contributed by atoms with Crippen LogP contribution >= 0.6 is 11.3 Å². The minimum Gasteiger partial charge on any atom is -0.496 e. The lowest BCUT2D eigenvalue weighted by atomic mass is 9.90. The summed E-state index contributed by atoms with van der Waals surface area (Å²) in [7, 11) is 1.62. The molecule has 3 heterocycles. The number of fused-ring (bicyclic) bond motifs is 3. The second kappa shape index (κ2) is 10.5. The first kappa shape index (κ1) is 26.8. The number of thiazole rings is 1. The van der Waals surface area contributed by atoms with Gasteiger partial charge in [0.1, 0.15) is 11.8 Å². The van der Waals surface area contributed by atoms with Gasteiger partial charge in [-0.05, 0) is 56.7 Å². The van der Waals surface area contributed by atoms with Crippen LogP contribution in [-0.4, -0.2) is 40.6 Å². The number of nitrogens with one attached hydrogen (secondary N) is 1. The van der Waals surface area contributed by atoms with Crippen LogP contribution in [0.5, 0.6) is 5.75 Å². The number of carbonyl (C=O) groups excluding carboxylic acids is 1. The van der Waals surface area contributed by atoms with Gasteiger partial charge in [0.2, 0.25) is 0 Å². The fraction of sp³-hybridized carbons (Fsp3) is 0.242. The quantitative estimate of drug-likeness (QED) is 0.313. The molecule has 41 heavy (non-hydrogen) atoms. The van der Waals surface area contributed by atoms with Crippen LogP contribution in [0.3, 0.4) is 0 Å². The molecule has 6 rings (SSSR count). The number of hydrogen-bond donors (Lipinski definition) is 1. The maximum absolute atomic E-state index is 14.4. The Labute approximate surface area is 241 Å². The minimum absolute atomic E-state index is 0.127. The Hall–Kier alpha value is -4.43. The number of allylic oxidation sites excluding steroid dienone is 1. The predicted octanol–water partition coefficient (Wildman–Crippen LogP) is 5.06. The molecule has 0 aliphatic carbocycles. The zero-order valence-corrected chi connectivity index (χ0v) is 24.6. The van der Waals surface area contributed by atoms with Crippen molar-refractivity contribution in [2.24, 2.45) is 4.99 Å². The van der Waals surface area contributed by atoms with Crippen LogP contribution in [0.25, 0.3) is 27.8 Å². The summed E-state index contributed by atoms with van der Waals surface area (Å²) in [6.07, 6.45) is 1.95. The topological polar surface area (TPSA) is 79.7 Å². The van der Waals surface area contributed by atoms with Crippen LogP contribution < -0.4 is 19.6 Å². The fourth-order valence-electron chi connectivity index (χ4n) is 5.90. The number of likely N-dealkylation sites (N-methyl/N-ethyl adjacent to an activating group) is 1. The van der Waals surface area contributed by atoms with E-state index in [1.54, 1.807) is 16.6 Å². The predicted molar refractivity (Wildman–Crippen MR) is 165 cm³/mol. The van der Waals surface area contributed by atoms with Crippen molar-refractivity contribution in [3.8, 4) is 5.75 Å². The Morgan fingerprint density at radius 2 is 1.76 bits per heavy atom. The highest BCUT2D eigenvalue weighted by atomic mass is 32.1. The largest absolute Gasteiger partial charge is 0.496 e. The van der Waals surface area contributed by atoms with E-state index in [1.165, 1.54) is 11.3 Å². The smallest absolute Gasteiger partial charge is 0.271 e. The van der Waals surface area contributed by atoms with Crippen molar-refractivity contribution < 1.29 is 9.53 Å². The van der Waals surface area contributed by atoms with Crippen molar-refractivity contribution in [1.82, 2.24) is 14.5 Å². The number of ether oxygens (including phenoxy) is 1. The van der Waals surface area contributed by atoms with E-state index in [0.717, 1.165) is 38.5 Å². The van der Waals surface area contributed by atoms with Gasteiger partial charge in [0, 0.05) is 40.8 Å². The molecule has 7 nitrogen and oxygen atoms in total. The van der Waals surface area contributed by atoms with E-state index in [-0.39, 0.29) is 11.5 Å². The Bertz CT molecular complexity index is 2040. The highest BCUT2D eigenvalue weighted by Gasteiger charge is 2.36. The molecular weight excluding hydrogens is 532 g/mol. The van der Waals surface area contributed by atoms with Gasteiger partial charge < -0.3 is 14.6 Å². The van der Waals surface area contributed by atoms with Gasteiger partial charge in [0.05, 0.1) is 22.9 Å². The molecule has 5 aromatic rings. The number of para-hydroxylation sites is 1. The second-order valence-electron chi connectivity index (χ2n) is 10.2. The number of H-pyrrole nitrogens is 1. The van der Waals surface area contributed by atoms with Crippen LogP contribution in [0.15, 0.2) is 81.7 Å². The summed E-state index contributed by atoms with van der Waals surface area (Å²) in [5.74, 6) is 0.494. The first-order valence-electron chi connectivity index (χ1n) is 13.8. The zero-order chi connectivity index (χ0) is 28.8. The molecule has 0 unspecified atom stereocenters. The summed E-state index contributed by atoms with van der Waals surface area (Å²) in [5, 5.41) is 2.99. The van der Waals surface area contributed by atoms with Crippen LogP contribution in [0, 0.1) is 6.92 Å². The molecule has 1 atom stereocenters. The van der Waals surface area contributed by atoms with Gasteiger partial charge in [-0.25, -0.2) is 4.99 Å². The van der Waals surface area contributed by atoms with Crippen LogP contribution in [-0.2, 0) is 4.79 Å². The fourth-order valence-corrected chi connectivity index (χ4v) is 6.93. The van der Waals surface area contributed by atoms with Gasteiger partial charge in [0.15, 0.2) is 4.80 Å². The SMILES string of the molecule is CCN(CC)C(=O)C1=C(C)N=c2s/c(=C/c3c(C)[nH]c4ccccc34)c(=O)n2[C@H]1c1c(OC)ccc2ccccc12. The zero-order valence-electron chi connectivity index (χ0n) is 23.8. The lowest BCUT2D eigenvalue weighted by molar-refractivity contribution is -0.127. The molecule has 0 fully saturated rings. The number of aromatic amines is 1. The minimum atomic E-state index is -0.702. The van der Waals surface area contributed by atoms with Gasteiger partial charge in [-0.1, -0.05) is 59.9 Å². The standard InChI is InChI=1S/C33H32N4O3S/c1-6-36(7-2)32(39)28-20(4)35-33-37(30(28)29-22-13-9-8-12-21(22)16-17-26(29)40-5)31(38)27(41-33)18-24-19(3)34-25-15-11-10-14-23(24)25/h8-18,30,34H,6-7H2,1-5H3/b27-18+/t30-/m1/s1. The van der Waals surface area contributed by atoms with Gasteiger partial charge in [-0.2, -0.15) is 0 Å². The van der Waals surface area contributed by atoms with Crippen molar-refractivity contribution in [3.05, 3.63) is 108 Å². The number of nitrogens with zero attached hydrogens (tertiary/aromatic N) is 3. The van der Waals surface area contributed by atoms with E-state index in [2.05, 4.69) is 11.1 Å². The Kier molecular flexibility index (Phi) is 6.87. The van der Waals surface area contributed by atoms with Crippen LogP contribution in [0.2, 0.25) is 0 Å². The molecule has 1 N–H and O–H groups in total. The molecule has 8 heteroatoms. The Balaban J connectivity index is 1.68. The van der Waals surface area contributed by atoms with Crippen molar-refractivity contribution in [3.63, 3.8) is 0 Å². The number of carbonyl (C=O) groups is 1. The summed E-state index contributed by atoms with van der Waals surface area (Å²) >= 11 is 1.35. The monoisotopic (exact) mass is 564 g/mol. The summed E-state index contributed by atoms with van der Waals surface area (Å²) < 4.78 is 8.14. The van der Waals surface area contributed by atoms with Gasteiger partial charge in [-0.15, -0.1) is 0 Å². The van der Waals surface area contributed by atoms with E-state index in [4.69, 9.17) is 9.73 Å². The first-order valence-corrected chi connectivity index (χ1v) is 14.6. The normalized spacial score (nSPS) is 15.3. The van der Waals surface area contributed by atoms with Crippen LogP contribution in [0.4, 0.5) is 0 Å². The van der Waals surface area contributed by atoms with Crippen molar-refractivity contribution in [2.75, 3.05) is 20.2 Å². The highest BCUT2D eigenvalue weighted by molar-refractivity contribution is 7.07. The van der Waals surface area contributed by atoms with E-state index in [0.29, 0.717) is 39.4 Å². The summed E-state index contributed by atoms with van der Waals surface area (Å²) in [6.45, 7) is 8.90. The van der Waals surface area contributed by atoms with E-state index < -0.39 is 6.04 Å². The number of methoxy groups -OCH3 is 1. The summed E-state index contributed by atoms with van der Waals surface area (Å²) in [5.41, 5.74) is 4.68. The molecule has 0 bridgehead atoms. The number of benzene rings is 3. The molecule has 208 valence electrons. The summed E-state index contributed by atoms with van der Waals surface area (Å²) in [6, 6.07) is 19.3. The molecule has 0 spiro atoms. The maximum atomic E-state index is 14.4. The Morgan fingerprint density at radius 1 is 1.05 bits per heavy atom. The van der Waals surface area contributed by atoms with Crippen molar-refractivity contribution in [2.45, 2.75) is 33.7 Å². The van der Waals surface area contributed by atoms with Gasteiger partial charge in [0.25, 0.3) is 11.5 Å². The second-order valence-corrected chi connectivity index (χ2v) is 11.2. The van der Waals surface area contributed by atoms with Gasteiger partial charge in [-0.3, -0.25) is 14.2 Å². The average molecular weight is 565 g/mol. The maximum Gasteiger partial charge on any atom is 0.271 e. The number of rotatable bonds is 6. The number of aryl methyl sites for hydroxylation is 1. The molecule has 0 radical (unpaired) electrons. The molecule has 1 amide bonds. The van der Waals surface area contributed by atoms with E-state index in [9.17, 15) is 9.59 Å². The third-order valence-corrected chi connectivity index (χ3v) is 8.93. The highest BCUT2D eigenvalue weighted by Crippen LogP contribution is 2.40. The summed E-state index contributed by atoms with van der Waals surface area (Å²) in [4.78, 5) is 39.1. The molecule has 1 aliphatic heterocycles. The van der Waals surface area contributed by atoms with E-state index >= 15 is 0 Å². The number of amides is 1. The molecule has 1 aliphatic rings. The van der Waals surface area contributed by atoms with Gasteiger partial charge >= 0.3 is 0 Å². The molecule has 0 saturated carbocycles. The molecule has 3 aromatic carbocycles. The van der Waals surface area contributed by atoms with Crippen molar-refractivity contribution in [1.29, 1.82) is 0 Å². The third kappa shape index (κ3) is 4.30. The molecule has 0 saturated heterocycles. The lowest BCUT2D eigenvalue weighted by Crippen LogP contribution is -2.43. The van der Waals surface area contributed by atoms with Crippen LogP contribution in [0.1, 0.15) is 43.6 Å². The lowest BCUT2D eigenvalue weighted by Gasteiger charge is -2.30.